The van der Waals surface area contributed by atoms with Crippen molar-refractivity contribution in [2.24, 2.45) is 0 Å². The molecule has 0 aromatic heterocycles. The van der Waals surface area contributed by atoms with Crippen molar-refractivity contribution in [3.63, 3.8) is 0 Å². The Bertz CT molecular complexity index is 3830. The number of nitrogens with zero attached hydrogens (tertiary/aromatic N) is 2. The van der Waals surface area contributed by atoms with Crippen LogP contribution >= 0.6 is 0 Å². The highest BCUT2D eigenvalue weighted by molar-refractivity contribution is 6.28. The van der Waals surface area contributed by atoms with E-state index in [1.807, 2.05) is 18.2 Å². The summed E-state index contributed by atoms with van der Waals surface area (Å²) >= 11 is 0. The van der Waals surface area contributed by atoms with E-state index >= 15 is 0 Å². The van der Waals surface area contributed by atoms with Gasteiger partial charge in [0.2, 0.25) is 0 Å². The number of hydrogen-bond donors (Lipinski definition) is 0. The maximum atomic E-state index is 6.52. The van der Waals surface area contributed by atoms with E-state index in [0.29, 0.717) is 0 Å². The van der Waals surface area contributed by atoms with Gasteiger partial charge in [0.1, 0.15) is 5.76 Å². The van der Waals surface area contributed by atoms with Gasteiger partial charge in [0.05, 0.1) is 22.8 Å². The molecule has 4 nitrogen and oxygen atoms in total. The second-order valence-electron chi connectivity index (χ2n) is 17.1. The van der Waals surface area contributed by atoms with Gasteiger partial charge in [0, 0.05) is 11.4 Å². The quantitative estimate of drug-likeness (QED) is 0.127. The molecule has 0 unspecified atom stereocenters. The summed E-state index contributed by atoms with van der Waals surface area (Å²) in [4.78, 5) is 4.71. The van der Waals surface area contributed by atoms with Crippen LogP contribution in [0.2, 0.25) is 0 Å². The molecule has 4 heteroatoms. The first-order chi connectivity index (χ1) is 32.6. The Morgan fingerprint density at radius 1 is 0.364 bits per heavy atom. The summed E-state index contributed by atoms with van der Waals surface area (Å²) in [5.41, 5.74) is 10.9. The Balaban J connectivity index is 1.20. The maximum absolute atomic E-state index is 6.52. The lowest BCUT2D eigenvalue weighted by molar-refractivity contribution is 0.414. The first-order valence-electron chi connectivity index (χ1n) is 22.6. The van der Waals surface area contributed by atoms with Crippen LogP contribution in [0.15, 0.2) is 230 Å². The van der Waals surface area contributed by atoms with Gasteiger partial charge < -0.3 is 19.3 Å². The molecule has 2 aliphatic heterocycles. The van der Waals surface area contributed by atoms with Gasteiger partial charge in [-0.05, 0) is 163 Å². The molecule has 0 bridgehead atoms. The molecule has 0 aliphatic carbocycles. The molecule has 11 aromatic carbocycles. The minimum absolute atomic E-state index is 0.825. The lowest BCUT2D eigenvalue weighted by Crippen LogP contribution is -2.22. The molecule has 0 fully saturated rings. The Kier molecular flexibility index (Phi) is 8.62. The monoisotopic (exact) mass is 846 g/mol. The summed E-state index contributed by atoms with van der Waals surface area (Å²) < 4.78 is 13.0. The third-order valence-electron chi connectivity index (χ3n) is 13.4. The lowest BCUT2D eigenvalue weighted by Gasteiger charge is -2.34. The Morgan fingerprint density at radius 3 is 1.53 bits per heavy atom. The SMILES string of the molecule is C/C=C\C1=C(C)Oc2ccccc2N1c1ccc2c(-c3cccc4ccccc34)c3cc(N4c5ccccc5Oc5ccccc54)ccc3c(-c3cc4ccccc4c4ccccc34)c2c1. The van der Waals surface area contributed by atoms with Crippen LogP contribution < -0.4 is 19.3 Å². The van der Waals surface area contributed by atoms with Crippen LogP contribution in [0, 0.1) is 0 Å². The van der Waals surface area contributed by atoms with E-state index in [9.17, 15) is 0 Å². The van der Waals surface area contributed by atoms with Crippen molar-refractivity contribution in [1.29, 1.82) is 0 Å². The topological polar surface area (TPSA) is 24.9 Å². The van der Waals surface area contributed by atoms with Gasteiger partial charge in [-0.25, -0.2) is 0 Å². The van der Waals surface area contributed by atoms with Gasteiger partial charge in [0.15, 0.2) is 17.2 Å². The minimum Gasteiger partial charge on any atom is -0.458 e. The van der Waals surface area contributed by atoms with Crippen LogP contribution in [0.1, 0.15) is 13.8 Å². The largest absolute Gasteiger partial charge is 0.458 e. The van der Waals surface area contributed by atoms with Crippen molar-refractivity contribution in [2.75, 3.05) is 9.80 Å². The van der Waals surface area contributed by atoms with E-state index in [2.05, 4.69) is 224 Å². The van der Waals surface area contributed by atoms with Crippen LogP contribution in [0.4, 0.5) is 28.4 Å². The average Bonchev–Trinajstić information content (AvgIpc) is 3.37. The first kappa shape index (κ1) is 37.9. The summed E-state index contributed by atoms with van der Waals surface area (Å²) in [5.74, 6) is 3.33. The predicted octanol–water partition coefficient (Wildman–Crippen LogP) is 17.7. The molecule has 66 heavy (non-hydrogen) atoms. The smallest absolute Gasteiger partial charge is 0.151 e. The van der Waals surface area contributed by atoms with Gasteiger partial charge >= 0.3 is 0 Å². The molecule has 2 heterocycles. The first-order valence-corrected chi connectivity index (χ1v) is 22.6. The number of benzene rings is 11. The number of allylic oxidation sites excluding steroid dienone is 3. The molecule has 0 radical (unpaired) electrons. The molecule has 0 saturated heterocycles. The fraction of sp³-hybridized carbons (Fsp3) is 0.0323. The van der Waals surface area contributed by atoms with E-state index in [4.69, 9.17) is 9.47 Å². The van der Waals surface area contributed by atoms with E-state index in [-0.39, 0.29) is 0 Å². The van der Waals surface area contributed by atoms with Gasteiger partial charge in [-0.15, -0.1) is 0 Å². The molecular formula is C62H42N2O2. The van der Waals surface area contributed by atoms with Gasteiger partial charge in [-0.3, -0.25) is 0 Å². The molecule has 0 N–H and O–H groups in total. The minimum atomic E-state index is 0.825. The Hall–Kier alpha value is -8.60. The summed E-state index contributed by atoms with van der Waals surface area (Å²) in [7, 11) is 0. The van der Waals surface area contributed by atoms with Crippen molar-refractivity contribution in [3.8, 4) is 39.5 Å². The second-order valence-corrected chi connectivity index (χ2v) is 17.1. The van der Waals surface area contributed by atoms with E-state index in [1.54, 1.807) is 0 Å². The summed E-state index contributed by atoms with van der Waals surface area (Å²) in [6.07, 6.45) is 4.24. The molecule has 11 aromatic rings. The predicted molar refractivity (Wildman–Crippen MR) is 276 cm³/mol. The molecule has 13 rings (SSSR count). The standard InChI is InChI=1S/C62H42N2O2/c1-3-17-54-39(2)65-58-29-13-10-26-55(58)63(54)42-32-34-49-53(37-42)62(51-36-41-19-5-7-22-45(41)46-23-8-9-24-47(46)51)50-35-33-43(38-52(50)61(49)48-25-16-20-40-18-4-6-21-44(40)48)64-56-27-11-14-30-59(56)66-60-31-15-12-28-57(60)64/h3-38H,1-2H3/b17-3-. The van der Waals surface area contributed by atoms with Crippen molar-refractivity contribution in [2.45, 2.75) is 13.8 Å². The number of ether oxygens (including phenoxy) is 2. The molecular weight excluding hydrogens is 805 g/mol. The van der Waals surface area contributed by atoms with Gasteiger partial charge in [0.25, 0.3) is 0 Å². The molecule has 0 amide bonds. The average molecular weight is 847 g/mol. The van der Waals surface area contributed by atoms with E-state index in [0.717, 1.165) is 57.1 Å². The van der Waals surface area contributed by atoms with E-state index < -0.39 is 0 Å². The maximum Gasteiger partial charge on any atom is 0.151 e. The van der Waals surface area contributed by atoms with Crippen LogP contribution in [0.25, 0.3) is 76.1 Å². The van der Waals surface area contributed by atoms with Crippen LogP contribution in [-0.4, -0.2) is 0 Å². The highest BCUT2D eigenvalue weighted by Crippen LogP contribution is 2.54. The highest BCUT2D eigenvalue weighted by atomic mass is 16.5. The number of para-hydroxylation sites is 6. The number of rotatable bonds is 5. The zero-order valence-electron chi connectivity index (χ0n) is 36.5. The fourth-order valence-electron chi connectivity index (χ4n) is 10.6. The Morgan fingerprint density at radius 2 is 0.864 bits per heavy atom. The number of hydrogen-bond acceptors (Lipinski definition) is 4. The lowest BCUT2D eigenvalue weighted by atomic mass is 9.82. The van der Waals surface area contributed by atoms with Crippen LogP contribution in [0.5, 0.6) is 17.2 Å². The zero-order chi connectivity index (χ0) is 43.9. The molecule has 0 spiro atoms. The van der Waals surface area contributed by atoms with Crippen molar-refractivity contribution < 1.29 is 9.47 Å². The van der Waals surface area contributed by atoms with Crippen molar-refractivity contribution >= 4 is 82.3 Å². The highest BCUT2D eigenvalue weighted by Gasteiger charge is 2.29. The molecule has 0 atom stereocenters. The number of anilines is 5. The van der Waals surface area contributed by atoms with Crippen molar-refractivity contribution in [1.82, 2.24) is 0 Å². The zero-order valence-corrected chi connectivity index (χ0v) is 36.5. The Labute approximate surface area is 383 Å². The van der Waals surface area contributed by atoms with E-state index in [1.165, 1.54) is 76.1 Å². The summed E-state index contributed by atoms with van der Waals surface area (Å²) in [6, 6.07) is 74.8. The number of fused-ring (bicyclic) bond motifs is 9. The van der Waals surface area contributed by atoms with Crippen LogP contribution in [0.3, 0.4) is 0 Å². The third kappa shape index (κ3) is 5.78. The summed E-state index contributed by atoms with van der Waals surface area (Å²) in [6.45, 7) is 4.12. The summed E-state index contributed by atoms with van der Waals surface area (Å²) in [5, 5.41) is 12.0. The molecule has 0 saturated carbocycles. The fourth-order valence-corrected chi connectivity index (χ4v) is 10.6. The normalized spacial score (nSPS) is 13.4. The van der Waals surface area contributed by atoms with Crippen molar-refractivity contribution in [3.05, 3.63) is 230 Å². The van der Waals surface area contributed by atoms with Gasteiger partial charge in [-0.2, -0.15) is 0 Å². The van der Waals surface area contributed by atoms with Gasteiger partial charge in [-0.1, -0.05) is 146 Å². The molecule has 312 valence electrons. The van der Waals surface area contributed by atoms with Crippen LogP contribution in [-0.2, 0) is 0 Å². The third-order valence-corrected chi connectivity index (χ3v) is 13.4. The molecule has 2 aliphatic rings. The second kappa shape index (κ2) is 15.0.